The normalized spacial score (nSPS) is 12.7. The van der Waals surface area contributed by atoms with Gasteiger partial charge in [-0.2, -0.15) is 0 Å². The molecule has 0 saturated carbocycles. The lowest BCUT2D eigenvalue weighted by Crippen LogP contribution is -1.80. The SMILES string of the molecule is Ic1c(I)c2cc3nc(cc4ccc(cc5nc(cc1n2I)C=C5)[nH]4)C=C3. The van der Waals surface area contributed by atoms with Gasteiger partial charge in [-0.1, -0.05) is 0 Å². The molecule has 0 amide bonds. The molecule has 5 rings (SSSR count). The summed E-state index contributed by atoms with van der Waals surface area (Å²) in [5.74, 6) is 0. The van der Waals surface area contributed by atoms with E-state index in [1.807, 2.05) is 12.2 Å². The minimum absolute atomic E-state index is 0.943. The monoisotopic (exact) mass is 688 g/mol. The number of rotatable bonds is 0. The first kappa shape index (κ1) is 17.9. The van der Waals surface area contributed by atoms with Crippen LogP contribution < -0.4 is 0 Å². The molecular formula is C20H11I3N4. The average molecular weight is 688 g/mol. The smallest absolute Gasteiger partial charge is 0.0677 e. The van der Waals surface area contributed by atoms with Gasteiger partial charge in [0.05, 0.1) is 63.8 Å². The number of hydrogen-bond donors (Lipinski definition) is 1. The number of aromatic nitrogens is 4. The zero-order chi connectivity index (χ0) is 18.5. The van der Waals surface area contributed by atoms with Crippen LogP contribution in [0.3, 0.4) is 0 Å². The summed E-state index contributed by atoms with van der Waals surface area (Å²) in [7, 11) is 0. The zero-order valence-electron chi connectivity index (χ0n) is 13.7. The van der Waals surface area contributed by atoms with Gasteiger partial charge in [0.2, 0.25) is 0 Å². The summed E-state index contributed by atoms with van der Waals surface area (Å²) in [6.45, 7) is 0. The molecule has 132 valence electrons. The molecule has 0 aromatic carbocycles. The molecule has 0 fully saturated rings. The second-order valence-electron chi connectivity index (χ2n) is 6.22. The summed E-state index contributed by atoms with van der Waals surface area (Å²) < 4.78 is 4.62. The third kappa shape index (κ3) is 3.37. The van der Waals surface area contributed by atoms with Crippen molar-refractivity contribution in [3.63, 3.8) is 0 Å². The fourth-order valence-corrected chi connectivity index (χ4v) is 6.10. The van der Waals surface area contributed by atoms with E-state index < -0.39 is 0 Å². The molecule has 2 aliphatic rings. The standard InChI is InChI=1S/C20H11I3N4/c21-19-17-9-15-5-3-13(25-15)7-11-1-2-12(24-11)8-14-4-6-16(26-14)10-18(20(19)22)27(17)23/h1-10,24H. The number of aromatic amines is 1. The molecule has 2 aliphatic heterocycles. The third-order valence-electron chi connectivity index (χ3n) is 4.34. The number of hydrogen-bond acceptors (Lipinski definition) is 2. The topological polar surface area (TPSA) is 46.5 Å². The van der Waals surface area contributed by atoms with Gasteiger partial charge >= 0.3 is 0 Å². The van der Waals surface area contributed by atoms with Crippen LogP contribution in [0.1, 0.15) is 22.8 Å². The fourth-order valence-electron chi connectivity index (χ4n) is 3.07. The lowest BCUT2D eigenvalue weighted by atomic mass is 10.3. The largest absolute Gasteiger partial charge is 0.355 e. The van der Waals surface area contributed by atoms with Crippen LogP contribution >= 0.6 is 68.0 Å². The maximum Gasteiger partial charge on any atom is 0.0677 e. The van der Waals surface area contributed by atoms with Crippen LogP contribution in [0.25, 0.3) is 46.4 Å². The Hall–Kier alpha value is -1.21. The molecule has 0 atom stereocenters. The van der Waals surface area contributed by atoms with Crippen molar-refractivity contribution < 1.29 is 0 Å². The van der Waals surface area contributed by atoms with Gasteiger partial charge in [0, 0.05) is 11.0 Å². The molecule has 4 nitrogen and oxygen atoms in total. The highest BCUT2D eigenvalue weighted by Gasteiger charge is 2.12. The Labute approximate surface area is 196 Å². The quantitative estimate of drug-likeness (QED) is 0.188. The van der Waals surface area contributed by atoms with Crippen molar-refractivity contribution in [2.24, 2.45) is 0 Å². The predicted molar refractivity (Wildman–Crippen MR) is 137 cm³/mol. The number of halogens is 3. The molecule has 0 radical (unpaired) electrons. The Kier molecular flexibility index (Phi) is 4.63. The molecule has 0 spiro atoms. The number of nitrogens with zero attached hydrogens (tertiary/aromatic N) is 3. The second-order valence-corrected chi connectivity index (χ2v) is 9.34. The van der Waals surface area contributed by atoms with E-state index in [4.69, 9.17) is 9.97 Å². The van der Waals surface area contributed by atoms with Gasteiger partial charge in [-0.25, -0.2) is 9.97 Å². The fraction of sp³-hybridized carbons (Fsp3) is 0. The van der Waals surface area contributed by atoms with Crippen LogP contribution in [0.15, 0.2) is 36.4 Å². The highest BCUT2D eigenvalue weighted by atomic mass is 127. The molecule has 7 heteroatoms. The molecule has 3 aromatic rings. The van der Waals surface area contributed by atoms with Gasteiger partial charge in [-0.3, -0.25) is 2.78 Å². The number of fused-ring (bicyclic) bond motifs is 8. The summed E-state index contributed by atoms with van der Waals surface area (Å²) in [4.78, 5) is 12.9. The second kappa shape index (κ2) is 6.99. The Morgan fingerprint density at radius 1 is 0.667 bits per heavy atom. The molecule has 8 bridgehead atoms. The summed E-state index contributed by atoms with van der Waals surface area (Å²) in [6, 6.07) is 12.5. The predicted octanol–water partition coefficient (Wildman–Crippen LogP) is 6.54. The van der Waals surface area contributed by atoms with Crippen molar-refractivity contribution in [1.82, 2.24) is 17.7 Å². The first-order chi connectivity index (χ1) is 13.1. The summed E-state index contributed by atoms with van der Waals surface area (Å²) in [6.07, 6.45) is 8.20. The summed E-state index contributed by atoms with van der Waals surface area (Å²) in [5, 5.41) is 0. The van der Waals surface area contributed by atoms with Crippen LogP contribution in [0.5, 0.6) is 0 Å². The van der Waals surface area contributed by atoms with Gasteiger partial charge < -0.3 is 4.98 Å². The van der Waals surface area contributed by atoms with Crippen molar-refractivity contribution in [3.05, 3.63) is 66.3 Å². The van der Waals surface area contributed by atoms with E-state index in [-0.39, 0.29) is 0 Å². The van der Waals surface area contributed by atoms with Crippen molar-refractivity contribution in [1.29, 1.82) is 0 Å². The Morgan fingerprint density at radius 2 is 1.07 bits per heavy atom. The van der Waals surface area contributed by atoms with Crippen LogP contribution in [0.2, 0.25) is 0 Å². The molecule has 5 heterocycles. The van der Waals surface area contributed by atoms with Crippen molar-refractivity contribution in [2.45, 2.75) is 0 Å². The summed E-state index contributed by atoms with van der Waals surface area (Å²) in [5.41, 5.74) is 8.14. The zero-order valence-corrected chi connectivity index (χ0v) is 20.2. The molecule has 3 aromatic heterocycles. The van der Waals surface area contributed by atoms with E-state index in [0.29, 0.717) is 0 Å². The number of nitrogens with one attached hydrogen (secondary N) is 1. The van der Waals surface area contributed by atoms with Crippen molar-refractivity contribution >= 4 is 114 Å². The van der Waals surface area contributed by atoms with E-state index in [9.17, 15) is 0 Å². The molecule has 0 unspecified atom stereocenters. The lowest BCUT2D eigenvalue weighted by molar-refractivity contribution is 1.31. The first-order valence-electron chi connectivity index (χ1n) is 8.18. The lowest BCUT2D eigenvalue weighted by Gasteiger charge is -1.93. The van der Waals surface area contributed by atoms with Gasteiger partial charge in [0.25, 0.3) is 0 Å². The summed E-state index contributed by atoms with van der Waals surface area (Å²) >= 11 is 7.17. The Bertz CT molecular complexity index is 1220. The van der Waals surface area contributed by atoms with Crippen LogP contribution in [0.4, 0.5) is 0 Å². The van der Waals surface area contributed by atoms with Gasteiger partial charge in [-0.05, 0) is 106 Å². The first-order valence-corrected chi connectivity index (χ1v) is 11.3. The third-order valence-corrected chi connectivity index (χ3v) is 8.59. The van der Waals surface area contributed by atoms with Crippen LogP contribution in [0, 0.1) is 7.14 Å². The van der Waals surface area contributed by atoms with Gasteiger partial charge in [-0.15, -0.1) is 0 Å². The molecule has 0 aliphatic carbocycles. The minimum Gasteiger partial charge on any atom is -0.355 e. The average Bonchev–Trinajstić information content (AvgIpc) is 3.40. The maximum atomic E-state index is 4.74. The van der Waals surface area contributed by atoms with Crippen molar-refractivity contribution in [2.75, 3.05) is 0 Å². The molecule has 27 heavy (non-hydrogen) atoms. The van der Waals surface area contributed by atoms with E-state index in [0.717, 1.165) is 44.8 Å². The van der Waals surface area contributed by atoms with Crippen LogP contribution in [-0.4, -0.2) is 17.7 Å². The molecule has 0 saturated heterocycles. The minimum atomic E-state index is 0.943. The van der Waals surface area contributed by atoms with Crippen molar-refractivity contribution in [3.8, 4) is 0 Å². The van der Waals surface area contributed by atoms with E-state index in [1.165, 1.54) is 7.14 Å². The van der Waals surface area contributed by atoms with E-state index in [2.05, 4.69) is 124 Å². The molecular weight excluding hydrogens is 677 g/mol. The van der Waals surface area contributed by atoms with Gasteiger partial charge in [0.15, 0.2) is 0 Å². The highest BCUT2D eigenvalue weighted by Crippen LogP contribution is 2.31. The van der Waals surface area contributed by atoms with Crippen LogP contribution in [-0.2, 0) is 0 Å². The Balaban J connectivity index is 1.93. The van der Waals surface area contributed by atoms with E-state index >= 15 is 0 Å². The number of H-pyrrole nitrogens is 1. The van der Waals surface area contributed by atoms with Gasteiger partial charge in [0.1, 0.15) is 0 Å². The molecule has 1 N–H and O–H groups in total. The van der Waals surface area contributed by atoms with E-state index in [1.54, 1.807) is 0 Å². The maximum absolute atomic E-state index is 4.74. The highest BCUT2D eigenvalue weighted by molar-refractivity contribution is 14.1. The Morgan fingerprint density at radius 3 is 1.52 bits per heavy atom.